The second-order valence-electron chi connectivity index (χ2n) is 3.02. The van der Waals surface area contributed by atoms with Gasteiger partial charge in [-0.2, -0.15) is 11.8 Å². The van der Waals surface area contributed by atoms with Crippen LogP contribution in [0.3, 0.4) is 0 Å². The minimum Gasteiger partial charge on any atom is -0.358 e. The van der Waals surface area contributed by atoms with Crippen molar-refractivity contribution in [3.05, 3.63) is 29.6 Å². The third-order valence-electron chi connectivity index (χ3n) is 1.85. The van der Waals surface area contributed by atoms with Crippen molar-refractivity contribution >= 4 is 17.6 Å². The van der Waals surface area contributed by atoms with E-state index in [1.807, 2.05) is 11.8 Å². The molecule has 0 N–H and O–H groups in total. The maximum atomic E-state index is 10.5. The van der Waals surface area contributed by atoms with Gasteiger partial charge in [0.2, 0.25) is 0 Å². The zero-order valence-electron chi connectivity index (χ0n) is 8.46. The van der Waals surface area contributed by atoms with Gasteiger partial charge in [0.15, 0.2) is 6.33 Å². The molecular formula is C9H14N3O2S. The van der Waals surface area contributed by atoms with E-state index in [-0.39, 0.29) is 5.82 Å². The topological polar surface area (TPSA) is 61.0 Å². The lowest BCUT2D eigenvalue weighted by atomic mass is 10.5. The maximum absolute atomic E-state index is 10.5. The molecule has 0 saturated heterocycles. The van der Waals surface area contributed by atoms with Crippen LogP contribution >= 0.6 is 11.8 Å². The summed E-state index contributed by atoms with van der Waals surface area (Å²) < 4.78 is 1.57. The predicted octanol–water partition coefficient (Wildman–Crippen LogP) is 2.14. The molecule has 0 amide bonds. The van der Waals surface area contributed by atoms with Gasteiger partial charge in [-0.1, -0.05) is 6.92 Å². The van der Waals surface area contributed by atoms with Gasteiger partial charge in [-0.05, 0) is 29.3 Å². The normalized spacial score (nSPS) is 10.5. The van der Waals surface area contributed by atoms with Crippen LogP contribution in [0, 0.1) is 17.0 Å². The van der Waals surface area contributed by atoms with Crippen LogP contribution < -0.4 is 0 Å². The molecule has 0 aliphatic rings. The van der Waals surface area contributed by atoms with Gasteiger partial charge in [-0.3, -0.25) is 0 Å². The van der Waals surface area contributed by atoms with Crippen LogP contribution in [0.1, 0.15) is 12.8 Å². The zero-order chi connectivity index (χ0) is 11.1. The molecule has 1 rings (SSSR count). The maximum Gasteiger partial charge on any atom is 0.342 e. The van der Waals surface area contributed by atoms with Crippen molar-refractivity contribution in [2.75, 3.05) is 11.5 Å². The first kappa shape index (κ1) is 12.0. The van der Waals surface area contributed by atoms with Crippen molar-refractivity contribution in [3.8, 4) is 0 Å². The number of aryl methyl sites for hydroxylation is 1. The van der Waals surface area contributed by atoms with Crippen molar-refractivity contribution < 1.29 is 4.92 Å². The fraction of sp³-hybridized carbons (Fsp3) is 0.556. The number of hydrogen-bond acceptors (Lipinski definition) is 4. The molecule has 1 aromatic rings. The summed E-state index contributed by atoms with van der Waals surface area (Å²) in [6, 6.07) is 0. The average molecular weight is 228 g/mol. The first-order valence-corrected chi connectivity index (χ1v) is 5.92. The smallest absolute Gasteiger partial charge is 0.342 e. The lowest BCUT2D eigenvalue weighted by Gasteiger charge is -2.00. The molecular weight excluding hydrogens is 214 g/mol. The van der Waals surface area contributed by atoms with Gasteiger partial charge in [0.05, 0.1) is 6.54 Å². The van der Waals surface area contributed by atoms with Crippen LogP contribution in [0.4, 0.5) is 5.82 Å². The van der Waals surface area contributed by atoms with Gasteiger partial charge in [0, 0.05) is 0 Å². The Kier molecular flexibility index (Phi) is 5.17. The molecule has 0 spiro atoms. The summed E-state index contributed by atoms with van der Waals surface area (Å²) in [5.74, 6) is 2.12. The molecule has 0 unspecified atom stereocenters. The number of nitro groups is 1. The van der Waals surface area contributed by atoms with Gasteiger partial charge in [-0.15, -0.1) is 0 Å². The van der Waals surface area contributed by atoms with Gasteiger partial charge in [0.25, 0.3) is 0 Å². The lowest BCUT2D eigenvalue weighted by molar-refractivity contribution is -0.392. The summed E-state index contributed by atoms with van der Waals surface area (Å²) in [4.78, 5) is 13.9. The van der Waals surface area contributed by atoms with Gasteiger partial charge >= 0.3 is 5.82 Å². The molecule has 6 heteroatoms. The molecule has 1 radical (unpaired) electrons. The number of thioether (sulfide) groups is 1. The summed E-state index contributed by atoms with van der Waals surface area (Å²) in [6.07, 6.45) is 4.63. The first-order valence-electron chi connectivity index (χ1n) is 4.77. The van der Waals surface area contributed by atoms with E-state index in [2.05, 4.69) is 11.9 Å². The number of aromatic nitrogens is 2. The highest BCUT2D eigenvalue weighted by molar-refractivity contribution is 7.99. The Bertz CT molecular complexity index is 314. The summed E-state index contributed by atoms with van der Waals surface area (Å²) in [5, 5.41) is 10.5. The van der Waals surface area contributed by atoms with Crippen LogP contribution in [0.15, 0.2) is 12.5 Å². The van der Waals surface area contributed by atoms with E-state index >= 15 is 0 Å². The highest BCUT2D eigenvalue weighted by Crippen LogP contribution is 2.11. The average Bonchev–Trinajstić information content (AvgIpc) is 2.66. The molecule has 0 aromatic carbocycles. The molecule has 1 aromatic heterocycles. The largest absolute Gasteiger partial charge is 0.358 e. The van der Waals surface area contributed by atoms with Crippen molar-refractivity contribution in [3.63, 3.8) is 0 Å². The summed E-state index contributed by atoms with van der Waals surface area (Å²) in [7, 11) is 0. The van der Waals surface area contributed by atoms with E-state index in [0.29, 0.717) is 6.54 Å². The van der Waals surface area contributed by atoms with Gasteiger partial charge in [0.1, 0.15) is 6.20 Å². The minimum atomic E-state index is -0.407. The third kappa shape index (κ3) is 3.91. The number of rotatable bonds is 7. The van der Waals surface area contributed by atoms with Crippen molar-refractivity contribution in [2.24, 2.45) is 0 Å². The Hall–Kier alpha value is -1.04. The fourth-order valence-electron chi connectivity index (χ4n) is 1.18. The third-order valence-corrected chi connectivity index (χ3v) is 3.01. The summed E-state index contributed by atoms with van der Waals surface area (Å²) >= 11 is 1.82. The molecule has 1 heterocycles. The Morgan fingerprint density at radius 3 is 3.07 bits per heavy atom. The van der Waals surface area contributed by atoms with E-state index < -0.39 is 4.92 Å². The van der Waals surface area contributed by atoms with Crippen LogP contribution in [0.25, 0.3) is 0 Å². The first-order chi connectivity index (χ1) is 7.25. The fourth-order valence-corrected chi connectivity index (χ4v) is 1.92. The molecule has 83 valence electrons. The predicted molar refractivity (Wildman–Crippen MR) is 60.8 cm³/mol. The Balaban J connectivity index is 2.31. The summed E-state index contributed by atoms with van der Waals surface area (Å²) in [6.45, 7) is 4.40. The molecule has 15 heavy (non-hydrogen) atoms. The number of imidazole rings is 1. The van der Waals surface area contributed by atoms with Gasteiger partial charge < -0.3 is 10.1 Å². The quantitative estimate of drug-likeness (QED) is 0.407. The molecule has 5 nitrogen and oxygen atoms in total. The molecule has 0 bridgehead atoms. The standard InChI is InChI=1S/C9H14N3O2S/c1-2-5-15-6-3-4-11-8-10-7-9(11)12(13)14/h7-8H,1-6H2. The van der Waals surface area contributed by atoms with Crippen molar-refractivity contribution in [1.29, 1.82) is 0 Å². The lowest BCUT2D eigenvalue weighted by Crippen LogP contribution is -2.02. The van der Waals surface area contributed by atoms with Crippen LogP contribution in [-0.2, 0) is 6.54 Å². The van der Waals surface area contributed by atoms with E-state index in [4.69, 9.17) is 0 Å². The van der Waals surface area contributed by atoms with Crippen LogP contribution in [0.2, 0.25) is 0 Å². The molecule has 0 aliphatic heterocycles. The van der Waals surface area contributed by atoms with Crippen molar-refractivity contribution in [2.45, 2.75) is 19.4 Å². The Morgan fingerprint density at radius 2 is 2.40 bits per heavy atom. The highest BCUT2D eigenvalue weighted by atomic mass is 32.2. The van der Waals surface area contributed by atoms with E-state index in [1.54, 1.807) is 4.57 Å². The second-order valence-corrected chi connectivity index (χ2v) is 4.25. The van der Waals surface area contributed by atoms with Crippen LogP contribution in [0.5, 0.6) is 0 Å². The Morgan fingerprint density at radius 1 is 1.60 bits per heavy atom. The molecule has 0 aliphatic carbocycles. The second kappa shape index (κ2) is 6.44. The molecule has 0 fully saturated rings. The van der Waals surface area contributed by atoms with Crippen LogP contribution in [-0.4, -0.2) is 26.0 Å². The Labute approximate surface area is 93.0 Å². The molecule has 0 saturated carbocycles. The van der Waals surface area contributed by atoms with Crippen molar-refractivity contribution in [1.82, 2.24) is 9.55 Å². The molecule has 0 atom stereocenters. The SMILES string of the molecule is [CH2]CCSCCCn1cncc1[N+](=O)[O-]. The zero-order valence-corrected chi connectivity index (χ0v) is 9.28. The van der Waals surface area contributed by atoms with E-state index in [0.717, 1.165) is 24.3 Å². The monoisotopic (exact) mass is 228 g/mol. The summed E-state index contributed by atoms with van der Waals surface area (Å²) in [5.41, 5.74) is 0. The minimum absolute atomic E-state index is 0.0668. The van der Waals surface area contributed by atoms with E-state index in [1.165, 1.54) is 12.5 Å². The van der Waals surface area contributed by atoms with Gasteiger partial charge in [-0.25, -0.2) is 9.55 Å². The number of hydrogen-bond donors (Lipinski definition) is 0. The highest BCUT2D eigenvalue weighted by Gasteiger charge is 2.11. The number of nitrogens with zero attached hydrogens (tertiary/aromatic N) is 3. The van der Waals surface area contributed by atoms with E-state index in [9.17, 15) is 10.1 Å².